The highest BCUT2D eigenvalue weighted by Crippen LogP contribution is 2.35. The van der Waals surface area contributed by atoms with Gasteiger partial charge >= 0.3 is 12.4 Å². The first-order valence-corrected chi connectivity index (χ1v) is 7.41. The first kappa shape index (κ1) is 19.5. The van der Waals surface area contributed by atoms with Crippen LogP contribution in [0.3, 0.4) is 0 Å². The van der Waals surface area contributed by atoms with Gasteiger partial charge in [0.25, 0.3) is 0 Å². The van der Waals surface area contributed by atoms with Crippen LogP contribution in [0.2, 0.25) is 0 Å². The molecule has 0 bridgehead atoms. The van der Waals surface area contributed by atoms with Gasteiger partial charge in [-0.1, -0.05) is 6.07 Å². The Kier molecular flexibility index (Phi) is 5.62. The van der Waals surface area contributed by atoms with Gasteiger partial charge in [-0.15, -0.1) is 0 Å². The zero-order valence-corrected chi connectivity index (χ0v) is 12.8. The van der Waals surface area contributed by atoms with E-state index in [0.29, 0.717) is 6.07 Å². The largest absolute Gasteiger partial charge is 0.416 e. The Morgan fingerprint density at radius 2 is 1.88 bits per heavy atom. The molecule has 0 aliphatic carbocycles. The van der Waals surface area contributed by atoms with Gasteiger partial charge in [-0.3, -0.25) is 4.79 Å². The van der Waals surface area contributed by atoms with Crippen LogP contribution < -0.4 is 10.6 Å². The van der Waals surface area contributed by atoms with Crippen LogP contribution in [-0.2, 0) is 17.6 Å². The molecule has 2 unspecified atom stereocenters. The number of hydrogen-bond acceptors (Lipinski definition) is 3. The molecular weight excluding hydrogens is 354 g/mol. The molecule has 3 N–H and O–H groups in total. The minimum Gasteiger partial charge on any atom is -0.392 e. The lowest BCUT2D eigenvalue weighted by atomic mass is 9.89. The van der Waals surface area contributed by atoms with Crippen molar-refractivity contribution < 1.29 is 36.2 Å². The second kappa shape index (κ2) is 7.20. The maximum atomic E-state index is 12.9. The number of aliphatic hydroxyl groups excluding tert-OH is 1. The second-order valence-electron chi connectivity index (χ2n) is 5.85. The average Bonchev–Trinajstić information content (AvgIpc) is 2.53. The molecule has 1 saturated heterocycles. The number of aliphatic hydroxyl groups is 1. The van der Waals surface area contributed by atoms with Crippen LogP contribution in [0.1, 0.15) is 17.5 Å². The van der Waals surface area contributed by atoms with Gasteiger partial charge in [0.05, 0.1) is 24.0 Å². The minimum atomic E-state index is -4.73. The Bertz CT molecular complexity index is 629. The summed E-state index contributed by atoms with van der Waals surface area (Å²) in [7, 11) is 0. The molecule has 0 spiro atoms. The molecule has 4 nitrogen and oxygen atoms in total. The van der Waals surface area contributed by atoms with Crippen LogP contribution in [-0.4, -0.2) is 30.3 Å². The topological polar surface area (TPSA) is 61.4 Å². The Labute approximate surface area is 139 Å². The van der Waals surface area contributed by atoms with E-state index in [1.807, 2.05) is 0 Å². The SMILES string of the molecule is O=C(Nc1ccc(CO)c(C(F)(F)F)c1)C1CNCC(C(F)(F)F)C1. The van der Waals surface area contributed by atoms with Crippen LogP contribution >= 0.6 is 0 Å². The molecule has 2 atom stereocenters. The van der Waals surface area contributed by atoms with E-state index in [1.54, 1.807) is 0 Å². The lowest BCUT2D eigenvalue weighted by molar-refractivity contribution is -0.181. The highest BCUT2D eigenvalue weighted by molar-refractivity contribution is 5.93. The van der Waals surface area contributed by atoms with Crippen molar-refractivity contribution in [3.63, 3.8) is 0 Å². The van der Waals surface area contributed by atoms with Gasteiger partial charge in [0.15, 0.2) is 0 Å². The fraction of sp³-hybridized carbons (Fsp3) is 0.533. The summed E-state index contributed by atoms with van der Waals surface area (Å²) < 4.78 is 77.0. The van der Waals surface area contributed by atoms with Gasteiger partial charge in [0.2, 0.25) is 5.91 Å². The monoisotopic (exact) mass is 370 g/mol. The van der Waals surface area contributed by atoms with Crippen molar-refractivity contribution in [3.8, 4) is 0 Å². The Balaban J connectivity index is 2.13. The summed E-state index contributed by atoms with van der Waals surface area (Å²) in [6.07, 6.45) is -9.60. The third-order valence-electron chi connectivity index (χ3n) is 4.04. The summed E-state index contributed by atoms with van der Waals surface area (Å²) in [6, 6.07) is 2.83. The van der Waals surface area contributed by atoms with Crippen molar-refractivity contribution in [1.29, 1.82) is 0 Å². The summed E-state index contributed by atoms with van der Waals surface area (Å²) in [5.41, 5.74) is -1.66. The number of nitrogens with one attached hydrogen (secondary N) is 2. The highest BCUT2D eigenvalue weighted by atomic mass is 19.4. The van der Waals surface area contributed by atoms with E-state index in [-0.39, 0.29) is 24.3 Å². The number of anilines is 1. The van der Waals surface area contributed by atoms with E-state index >= 15 is 0 Å². The van der Waals surface area contributed by atoms with Crippen LogP contribution in [0.5, 0.6) is 0 Å². The molecule has 1 aromatic carbocycles. The molecule has 0 aromatic heterocycles. The highest BCUT2D eigenvalue weighted by Gasteiger charge is 2.43. The quantitative estimate of drug-likeness (QED) is 0.717. The molecule has 2 rings (SSSR count). The number of benzene rings is 1. The number of carbonyl (C=O) groups is 1. The summed E-state index contributed by atoms with van der Waals surface area (Å²) in [6.45, 7) is -1.11. The first-order chi connectivity index (χ1) is 11.5. The van der Waals surface area contributed by atoms with Crippen LogP contribution in [0.4, 0.5) is 32.0 Å². The van der Waals surface area contributed by atoms with Gasteiger partial charge < -0.3 is 15.7 Å². The molecule has 10 heteroatoms. The van der Waals surface area contributed by atoms with E-state index < -0.39 is 48.7 Å². The number of alkyl halides is 6. The van der Waals surface area contributed by atoms with Gasteiger partial charge in [-0.2, -0.15) is 26.3 Å². The number of carbonyl (C=O) groups excluding carboxylic acids is 1. The molecule has 0 saturated carbocycles. The van der Waals surface area contributed by atoms with Gasteiger partial charge in [0.1, 0.15) is 0 Å². The normalized spacial score (nSPS) is 21.9. The Morgan fingerprint density at radius 3 is 2.44 bits per heavy atom. The molecule has 1 aliphatic rings. The molecule has 25 heavy (non-hydrogen) atoms. The standard InChI is InChI=1S/C15H16F6N2O2/c16-14(17,18)10-3-9(5-22-6-10)13(25)23-11-2-1-8(7-24)12(4-11)15(19,20)21/h1-2,4,9-10,22,24H,3,5-7H2,(H,23,25). The van der Waals surface area contributed by atoms with Crippen LogP contribution in [0.25, 0.3) is 0 Å². The van der Waals surface area contributed by atoms with E-state index in [1.165, 1.54) is 0 Å². The molecule has 1 fully saturated rings. The zero-order chi connectivity index (χ0) is 18.8. The van der Waals surface area contributed by atoms with Crippen molar-refractivity contribution in [3.05, 3.63) is 29.3 Å². The third kappa shape index (κ3) is 4.85. The van der Waals surface area contributed by atoms with E-state index in [2.05, 4.69) is 10.6 Å². The smallest absolute Gasteiger partial charge is 0.392 e. The fourth-order valence-electron chi connectivity index (χ4n) is 2.69. The molecule has 1 heterocycles. The predicted molar refractivity (Wildman–Crippen MR) is 76.5 cm³/mol. The molecule has 0 radical (unpaired) electrons. The van der Waals surface area contributed by atoms with Crippen molar-refractivity contribution in [1.82, 2.24) is 5.32 Å². The molecule has 1 amide bonds. The Hall–Kier alpha value is -1.81. The fourth-order valence-corrected chi connectivity index (χ4v) is 2.69. The van der Waals surface area contributed by atoms with E-state index in [0.717, 1.165) is 12.1 Å². The van der Waals surface area contributed by atoms with E-state index in [4.69, 9.17) is 5.11 Å². The van der Waals surface area contributed by atoms with Crippen molar-refractivity contribution >= 4 is 11.6 Å². The maximum absolute atomic E-state index is 12.9. The van der Waals surface area contributed by atoms with Crippen molar-refractivity contribution in [2.24, 2.45) is 11.8 Å². The average molecular weight is 370 g/mol. The molecular formula is C15H16F6N2O2. The van der Waals surface area contributed by atoms with Crippen molar-refractivity contribution in [2.75, 3.05) is 18.4 Å². The first-order valence-electron chi connectivity index (χ1n) is 7.41. The molecule has 1 aliphatic heterocycles. The number of amides is 1. The van der Waals surface area contributed by atoms with Gasteiger partial charge in [-0.25, -0.2) is 0 Å². The van der Waals surface area contributed by atoms with Crippen LogP contribution in [0.15, 0.2) is 18.2 Å². The van der Waals surface area contributed by atoms with E-state index in [9.17, 15) is 31.1 Å². The third-order valence-corrected chi connectivity index (χ3v) is 4.04. The maximum Gasteiger partial charge on any atom is 0.416 e. The van der Waals surface area contributed by atoms with Crippen molar-refractivity contribution in [2.45, 2.75) is 25.4 Å². The lowest BCUT2D eigenvalue weighted by Crippen LogP contribution is -2.46. The summed E-state index contributed by atoms with van der Waals surface area (Å²) >= 11 is 0. The number of piperidine rings is 1. The molecule has 1 aromatic rings. The molecule has 140 valence electrons. The number of hydrogen-bond donors (Lipinski definition) is 3. The summed E-state index contributed by atoms with van der Waals surface area (Å²) in [5.74, 6) is -3.47. The lowest BCUT2D eigenvalue weighted by Gasteiger charge is -2.30. The number of rotatable bonds is 3. The van der Waals surface area contributed by atoms with Gasteiger partial charge in [0, 0.05) is 18.8 Å². The summed E-state index contributed by atoms with van der Waals surface area (Å²) in [4.78, 5) is 12.1. The zero-order valence-electron chi connectivity index (χ0n) is 12.8. The van der Waals surface area contributed by atoms with Crippen LogP contribution in [0, 0.1) is 11.8 Å². The van der Waals surface area contributed by atoms with Gasteiger partial charge in [-0.05, 0) is 24.1 Å². The Morgan fingerprint density at radius 1 is 1.20 bits per heavy atom. The summed E-state index contributed by atoms with van der Waals surface area (Å²) in [5, 5.41) is 13.7. The predicted octanol–water partition coefficient (Wildman–Crippen LogP) is 2.92. The number of halogens is 6. The second-order valence-corrected chi connectivity index (χ2v) is 5.85. The minimum absolute atomic E-state index is 0.0132.